The van der Waals surface area contributed by atoms with Crippen molar-refractivity contribution in [3.63, 3.8) is 0 Å². The van der Waals surface area contributed by atoms with Gasteiger partial charge in [0.2, 0.25) is 0 Å². The number of aryl methyl sites for hydroxylation is 2. The Balaban J connectivity index is 2.18. The van der Waals surface area contributed by atoms with Crippen LogP contribution in [0.25, 0.3) is 0 Å². The summed E-state index contributed by atoms with van der Waals surface area (Å²) >= 11 is 0. The molecule has 0 unspecified atom stereocenters. The van der Waals surface area contributed by atoms with Gasteiger partial charge in [-0.2, -0.15) is 0 Å². The van der Waals surface area contributed by atoms with Gasteiger partial charge in [0, 0.05) is 19.3 Å². The molecule has 0 aliphatic carbocycles. The summed E-state index contributed by atoms with van der Waals surface area (Å²) in [4.78, 5) is 21.8. The second kappa shape index (κ2) is 10.8. The number of aromatic hydroxyl groups is 2. The van der Waals surface area contributed by atoms with E-state index in [9.17, 15) is 19.8 Å². The van der Waals surface area contributed by atoms with Crippen molar-refractivity contribution >= 4 is 11.9 Å². The Hall–Kier alpha value is -3.02. The fourth-order valence-electron chi connectivity index (χ4n) is 3.47. The first kappa shape index (κ1) is 24.3. The van der Waals surface area contributed by atoms with E-state index >= 15 is 0 Å². The summed E-state index contributed by atoms with van der Waals surface area (Å²) in [6, 6.07) is 11.2. The average molecular weight is 429 g/mol. The van der Waals surface area contributed by atoms with Crippen molar-refractivity contribution < 1.29 is 29.3 Å². The number of hydrogen-bond acceptors (Lipinski definition) is 6. The average Bonchev–Trinajstić information content (AvgIpc) is 2.70. The minimum absolute atomic E-state index is 0.222. The van der Waals surface area contributed by atoms with Crippen LogP contribution in [0.15, 0.2) is 36.4 Å². The molecule has 0 bridgehead atoms. The van der Waals surface area contributed by atoms with Crippen LogP contribution in [-0.4, -0.2) is 35.4 Å². The summed E-state index contributed by atoms with van der Waals surface area (Å²) in [6.45, 7) is 7.58. The molecule has 0 atom stereocenters. The van der Waals surface area contributed by atoms with Crippen molar-refractivity contribution in [2.24, 2.45) is 0 Å². The Labute approximate surface area is 183 Å². The molecule has 0 saturated carbocycles. The van der Waals surface area contributed by atoms with Gasteiger partial charge in [0.1, 0.15) is 11.5 Å². The van der Waals surface area contributed by atoms with Gasteiger partial charge in [-0.15, -0.1) is 0 Å². The number of ether oxygens (including phenoxy) is 2. The molecule has 2 rings (SSSR count). The maximum Gasteiger partial charge on any atom is 0.302 e. The van der Waals surface area contributed by atoms with E-state index in [-0.39, 0.29) is 28.9 Å². The van der Waals surface area contributed by atoms with Gasteiger partial charge in [0.15, 0.2) is 0 Å². The molecule has 0 fully saturated rings. The number of hydrogen-bond donors (Lipinski definition) is 2. The lowest BCUT2D eigenvalue weighted by molar-refractivity contribution is -0.142. The smallest absolute Gasteiger partial charge is 0.302 e. The van der Waals surface area contributed by atoms with Gasteiger partial charge in [0.05, 0.1) is 13.2 Å². The number of carbonyl (C=O) groups excluding carboxylic acids is 2. The lowest BCUT2D eigenvalue weighted by atomic mass is 9.76. The summed E-state index contributed by atoms with van der Waals surface area (Å²) in [6.07, 6.45) is 2.45. The van der Waals surface area contributed by atoms with Gasteiger partial charge in [-0.05, 0) is 60.1 Å². The number of esters is 2. The quantitative estimate of drug-likeness (QED) is 0.430. The van der Waals surface area contributed by atoms with E-state index in [0.717, 1.165) is 22.3 Å². The highest BCUT2D eigenvalue weighted by molar-refractivity contribution is 5.66. The first-order valence-corrected chi connectivity index (χ1v) is 10.5. The summed E-state index contributed by atoms with van der Waals surface area (Å²) in [5.41, 5.74) is 3.31. The molecule has 31 heavy (non-hydrogen) atoms. The van der Waals surface area contributed by atoms with Gasteiger partial charge in [-0.1, -0.05) is 38.1 Å². The molecule has 6 heteroatoms. The summed E-state index contributed by atoms with van der Waals surface area (Å²) in [5.74, 6) is -0.177. The third kappa shape index (κ3) is 7.02. The molecule has 0 aliphatic rings. The third-order valence-electron chi connectivity index (χ3n) is 5.39. The van der Waals surface area contributed by atoms with E-state index in [1.54, 1.807) is 12.1 Å². The van der Waals surface area contributed by atoms with Gasteiger partial charge < -0.3 is 19.7 Å². The Kier molecular flexibility index (Phi) is 8.48. The van der Waals surface area contributed by atoms with Crippen LogP contribution < -0.4 is 0 Å². The van der Waals surface area contributed by atoms with E-state index in [0.29, 0.717) is 38.9 Å². The highest BCUT2D eigenvalue weighted by atomic mass is 16.5. The molecule has 0 saturated heterocycles. The third-order valence-corrected chi connectivity index (χ3v) is 5.39. The summed E-state index contributed by atoms with van der Waals surface area (Å²) < 4.78 is 9.95. The van der Waals surface area contributed by atoms with Crippen LogP contribution in [0, 0.1) is 0 Å². The second-order valence-corrected chi connectivity index (χ2v) is 8.20. The van der Waals surface area contributed by atoms with Crippen molar-refractivity contribution in [2.75, 3.05) is 13.2 Å². The zero-order valence-electron chi connectivity index (χ0n) is 18.7. The summed E-state index contributed by atoms with van der Waals surface area (Å²) in [7, 11) is 0. The number of benzene rings is 2. The maximum absolute atomic E-state index is 10.9. The molecule has 0 spiro atoms. The molecule has 0 heterocycles. The zero-order valence-corrected chi connectivity index (χ0v) is 18.7. The largest absolute Gasteiger partial charge is 0.508 e. The van der Waals surface area contributed by atoms with Gasteiger partial charge >= 0.3 is 11.9 Å². The van der Waals surface area contributed by atoms with E-state index in [2.05, 4.69) is 13.8 Å². The Morgan fingerprint density at radius 2 is 1.16 bits per heavy atom. The fourth-order valence-corrected chi connectivity index (χ4v) is 3.47. The molecular formula is C25H32O6. The van der Waals surface area contributed by atoms with Crippen LogP contribution in [0.4, 0.5) is 0 Å². The van der Waals surface area contributed by atoms with Crippen molar-refractivity contribution in [2.45, 2.75) is 58.8 Å². The second-order valence-electron chi connectivity index (χ2n) is 8.20. The van der Waals surface area contributed by atoms with Crippen LogP contribution in [-0.2, 0) is 37.3 Å². The van der Waals surface area contributed by atoms with Gasteiger partial charge in [0.25, 0.3) is 0 Å². The van der Waals surface area contributed by atoms with Crippen LogP contribution in [0.3, 0.4) is 0 Å². The molecule has 0 amide bonds. The zero-order chi connectivity index (χ0) is 23.0. The number of carbonyl (C=O) groups is 2. The lowest BCUT2D eigenvalue weighted by Gasteiger charge is -2.28. The number of rotatable bonds is 10. The van der Waals surface area contributed by atoms with Gasteiger partial charge in [-0.3, -0.25) is 9.59 Å². The van der Waals surface area contributed by atoms with Crippen molar-refractivity contribution in [3.05, 3.63) is 58.7 Å². The molecule has 2 aromatic carbocycles. The monoisotopic (exact) mass is 428 g/mol. The normalized spacial score (nSPS) is 11.2. The van der Waals surface area contributed by atoms with E-state index < -0.39 is 0 Å². The molecule has 0 radical (unpaired) electrons. The molecule has 2 N–H and O–H groups in total. The number of phenols is 2. The standard InChI is InChI=1S/C25H32O6/c1-17(26)30-13-5-7-19-15-21(9-11-23(19)28)25(3,4)22-10-12-24(29)20(16-22)8-6-14-31-18(2)27/h9-12,15-16,28-29H,5-8,13-14H2,1-4H3. The minimum Gasteiger partial charge on any atom is -0.508 e. The van der Waals surface area contributed by atoms with E-state index in [4.69, 9.17) is 9.47 Å². The van der Waals surface area contributed by atoms with Crippen molar-refractivity contribution in [1.82, 2.24) is 0 Å². The molecular weight excluding hydrogens is 396 g/mol. The Morgan fingerprint density at radius 1 is 0.774 bits per heavy atom. The molecule has 6 nitrogen and oxygen atoms in total. The molecule has 0 aliphatic heterocycles. The van der Waals surface area contributed by atoms with Crippen molar-refractivity contribution in [3.8, 4) is 11.5 Å². The Bertz CT molecular complexity index is 843. The van der Waals surface area contributed by atoms with Crippen LogP contribution in [0.2, 0.25) is 0 Å². The lowest BCUT2D eigenvalue weighted by Crippen LogP contribution is -2.19. The van der Waals surface area contributed by atoms with Gasteiger partial charge in [-0.25, -0.2) is 0 Å². The number of phenolic OH excluding ortho intramolecular Hbond substituents is 2. The van der Waals surface area contributed by atoms with Crippen molar-refractivity contribution in [1.29, 1.82) is 0 Å². The van der Waals surface area contributed by atoms with E-state index in [1.165, 1.54) is 13.8 Å². The predicted molar refractivity (Wildman–Crippen MR) is 118 cm³/mol. The van der Waals surface area contributed by atoms with Crippen LogP contribution >= 0.6 is 0 Å². The molecule has 168 valence electrons. The first-order valence-electron chi connectivity index (χ1n) is 10.5. The Morgan fingerprint density at radius 3 is 1.52 bits per heavy atom. The highest BCUT2D eigenvalue weighted by Gasteiger charge is 2.25. The molecule has 2 aromatic rings. The molecule has 0 aromatic heterocycles. The minimum atomic E-state index is -0.364. The van der Waals surface area contributed by atoms with Crippen LogP contribution in [0.1, 0.15) is 62.8 Å². The fraction of sp³-hybridized carbons (Fsp3) is 0.440. The SMILES string of the molecule is CC(=O)OCCCc1cc(C(C)(C)c2ccc(O)c(CCCOC(C)=O)c2)ccc1O. The maximum atomic E-state index is 10.9. The van der Waals surface area contributed by atoms with Crippen LogP contribution in [0.5, 0.6) is 11.5 Å². The predicted octanol–water partition coefficient (Wildman–Crippen LogP) is 4.42. The highest BCUT2D eigenvalue weighted by Crippen LogP contribution is 2.36. The van der Waals surface area contributed by atoms with E-state index in [1.807, 2.05) is 24.3 Å². The first-order chi connectivity index (χ1) is 14.6. The summed E-state index contributed by atoms with van der Waals surface area (Å²) in [5, 5.41) is 20.5. The topological polar surface area (TPSA) is 93.1 Å².